The van der Waals surface area contributed by atoms with Gasteiger partial charge in [0.05, 0.1) is 11.3 Å². The van der Waals surface area contributed by atoms with Crippen molar-refractivity contribution in [3.8, 4) is 0 Å². The minimum absolute atomic E-state index is 0.0853. The fraction of sp³-hybridized carbons (Fsp3) is 0.474. The van der Waals surface area contributed by atoms with E-state index in [0.29, 0.717) is 45.0 Å². The number of halogens is 3. The Morgan fingerprint density at radius 1 is 1.07 bits per heavy atom. The van der Waals surface area contributed by atoms with Crippen molar-refractivity contribution in [2.45, 2.75) is 19.3 Å². The third-order valence-electron chi connectivity index (χ3n) is 6.08. The summed E-state index contributed by atoms with van der Waals surface area (Å²) in [5, 5.41) is 10.3. The second-order valence-electron chi connectivity index (χ2n) is 7.78. The molecule has 2 saturated heterocycles. The fourth-order valence-corrected chi connectivity index (χ4v) is 4.72. The second-order valence-corrected chi connectivity index (χ2v) is 7.78. The van der Waals surface area contributed by atoms with Gasteiger partial charge in [-0.05, 0) is 12.1 Å². The monoisotopic (exact) mass is 391 g/mol. The highest BCUT2D eigenvalue weighted by Crippen LogP contribution is 2.41. The van der Waals surface area contributed by atoms with Crippen molar-refractivity contribution in [1.82, 2.24) is 20.4 Å². The summed E-state index contributed by atoms with van der Waals surface area (Å²) < 4.78 is 40.0. The molecule has 148 valence electrons. The number of anilines is 1. The van der Waals surface area contributed by atoms with Gasteiger partial charge < -0.3 is 15.1 Å². The molecule has 4 heterocycles. The summed E-state index contributed by atoms with van der Waals surface area (Å²) >= 11 is 0. The number of benzene rings is 1. The molecule has 0 radical (unpaired) electrons. The summed E-state index contributed by atoms with van der Waals surface area (Å²) in [4.78, 5) is 16.5. The average molecular weight is 391 g/mol. The van der Waals surface area contributed by atoms with E-state index in [0.717, 1.165) is 17.3 Å². The van der Waals surface area contributed by atoms with Crippen LogP contribution in [0.3, 0.4) is 0 Å². The Labute approximate surface area is 159 Å². The molecule has 0 bridgehead atoms. The van der Waals surface area contributed by atoms with Gasteiger partial charge in [-0.25, -0.2) is 0 Å². The highest BCUT2D eigenvalue weighted by atomic mass is 19.4. The Bertz CT molecular complexity index is 911. The largest absolute Gasteiger partial charge is 0.418 e. The Kier molecular flexibility index (Phi) is 3.90. The molecule has 6 nitrogen and oxygen atoms in total. The molecule has 1 amide bonds. The molecule has 3 aliphatic heterocycles. The van der Waals surface area contributed by atoms with Gasteiger partial charge >= 0.3 is 6.18 Å². The van der Waals surface area contributed by atoms with Gasteiger partial charge in [0, 0.05) is 62.4 Å². The highest BCUT2D eigenvalue weighted by Gasteiger charge is 2.44. The number of hydrogen-bond donors (Lipinski definition) is 2. The highest BCUT2D eigenvalue weighted by molar-refractivity contribution is 5.94. The predicted octanol–water partition coefficient (Wildman–Crippen LogP) is 2.24. The maximum atomic E-state index is 13.3. The minimum Gasteiger partial charge on any atom is -0.370 e. The molecule has 0 aliphatic carbocycles. The molecule has 28 heavy (non-hydrogen) atoms. The Hall–Kier alpha value is -2.55. The number of nitrogens with zero attached hydrogens (tertiary/aromatic N) is 3. The first-order valence-corrected chi connectivity index (χ1v) is 9.39. The number of rotatable bonds is 2. The SMILES string of the molecule is O=C(c1n[nH]c2c1CNC2)N1C[C@@H]2CN(c3ccccc3C(F)(F)F)C[C@@H]2C1. The lowest BCUT2D eigenvalue weighted by Gasteiger charge is -2.25. The van der Waals surface area contributed by atoms with Crippen molar-refractivity contribution < 1.29 is 18.0 Å². The Morgan fingerprint density at radius 3 is 2.50 bits per heavy atom. The molecule has 5 rings (SSSR count). The van der Waals surface area contributed by atoms with Crippen LogP contribution < -0.4 is 10.2 Å². The first kappa shape index (κ1) is 17.5. The normalized spacial score (nSPS) is 24.0. The van der Waals surface area contributed by atoms with Crippen LogP contribution in [-0.2, 0) is 19.3 Å². The van der Waals surface area contributed by atoms with Crippen LogP contribution in [0.5, 0.6) is 0 Å². The van der Waals surface area contributed by atoms with E-state index in [-0.39, 0.29) is 23.4 Å². The summed E-state index contributed by atoms with van der Waals surface area (Å²) in [5.74, 6) is 0.267. The predicted molar refractivity (Wildman–Crippen MR) is 95.7 cm³/mol. The zero-order chi connectivity index (χ0) is 19.5. The number of carbonyl (C=O) groups is 1. The van der Waals surface area contributed by atoms with Crippen molar-refractivity contribution >= 4 is 11.6 Å². The van der Waals surface area contributed by atoms with Gasteiger partial charge in [-0.2, -0.15) is 18.3 Å². The Morgan fingerprint density at radius 2 is 1.79 bits per heavy atom. The average Bonchev–Trinajstić information content (AvgIpc) is 3.39. The van der Waals surface area contributed by atoms with Crippen LogP contribution in [-0.4, -0.2) is 47.2 Å². The summed E-state index contributed by atoms with van der Waals surface area (Å²) in [6.45, 7) is 3.50. The zero-order valence-corrected chi connectivity index (χ0v) is 15.1. The lowest BCUT2D eigenvalue weighted by molar-refractivity contribution is -0.137. The molecule has 3 aliphatic rings. The standard InChI is InChI=1S/C19H20F3N5O/c20-19(21,22)14-3-1-2-4-16(14)26-7-11-9-27(10-12(11)8-26)18(28)17-13-5-23-6-15(13)24-25-17/h1-4,11-12,23H,5-10H2,(H,24,25)/t11-,12+. The molecule has 0 unspecified atom stereocenters. The number of carbonyl (C=O) groups excluding carboxylic acids is 1. The van der Waals surface area contributed by atoms with Crippen LogP contribution >= 0.6 is 0 Å². The van der Waals surface area contributed by atoms with E-state index < -0.39 is 11.7 Å². The number of alkyl halides is 3. The van der Waals surface area contributed by atoms with E-state index in [4.69, 9.17) is 0 Å². The fourth-order valence-electron chi connectivity index (χ4n) is 4.72. The maximum absolute atomic E-state index is 13.3. The van der Waals surface area contributed by atoms with Crippen LogP contribution in [0, 0.1) is 11.8 Å². The van der Waals surface area contributed by atoms with E-state index in [1.165, 1.54) is 12.1 Å². The van der Waals surface area contributed by atoms with Gasteiger partial charge in [0.25, 0.3) is 5.91 Å². The van der Waals surface area contributed by atoms with Crippen molar-refractivity contribution in [2.24, 2.45) is 11.8 Å². The summed E-state index contributed by atoms with van der Waals surface area (Å²) in [6.07, 6.45) is -4.37. The van der Waals surface area contributed by atoms with Gasteiger partial charge in [-0.3, -0.25) is 9.89 Å². The van der Waals surface area contributed by atoms with Gasteiger partial charge in [0.1, 0.15) is 0 Å². The smallest absolute Gasteiger partial charge is 0.370 e. The number of aromatic nitrogens is 2. The molecule has 2 N–H and O–H groups in total. The number of hydrogen-bond acceptors (Lipinski definition) is 4. The zero-order valence-electron chi connectivity index (χ0n) is 15.1. The lowest BCUT2D eigenvalue weighted by atomic mass is 10.0. The van der Waals surface area contributed by atoms with Crippen LogP contribution in [0.15, 0.2) is 24.3 Å². The van der Waals surface area contributed by atoms with Crippen LogP contribution in [0.1, 0.15) is 27.3 Å². The molecule has 1 aromatic carbocycles. The van der Waals surface area contributed by atoms with Gasteiger partial charge in [0.15, 0.2) is 5.69 Å². The third kappa shape index (κ3) is 2.76. The number of nitrogens with one attached hydrogen (secondary N) is 2. The molecule has 0 saturated carbocycles. The summed E-state index contributed by atoms with van der Waals surface area (Å²) in [5.41, 5.74) is 2.00. The van der Waals surface area contributed by atoms with Crippen molar-refractivity contribution in [2.75, 3.05) is 31.1 Å². The topological polar surface area (TPSA) is 64.3 Å². The molecule has 0 spiro atoms. The van der Waals surface area contributed by atoms with E-state index >= 15 is 0 Å². The first-order valence-electron chi connectivity index (χ1n) is 9.39. The molecule has 2 fully saturated rings. The van der Waals surface area contributed by atoms with Gasteiger partial charge in [-0.15, -0.1) is 0 Å². The number of H-pyrrole nitrogens is 1. The summed E-state index contributed by atoms with van der Waals surface area (Å²) in [6, 6.07) is 5.72. The minimum atomic E-state index is -4.37. The van der Waals surface area contributed by atoms with Crippen molar-refractivity contribution in [3.05, 3.63) is 46.8 Å². The number of aromatic amines is 1. The molecule has 2 atom stereocenters. The maximum Gasteiger partial charge on any atom is 0.418 e. The van der Waals surface area contributed by atoms with Crippen molar-refractivity contribution in [3.63, 3.8) is 0 Å². The van der Waals surface area contributed by atoms with E-state index in [9.17, 15) is 18.0 Å². The van der Waals surface area contributed by atoms with Gasteiger partial charge in [0.2, 0.25) is 0 Å². The van der Waals surface area contributed by atoms with E-state index in [1.54, 1.807) is 11.0 Å². The lowest BCUT2D eigenvalue weighted by Crippen LogP contribution is -2.34. The Balaban J connectivity index is 1.30. The second kappa shape index (κ2) is 6.23. The summed E-state index contributed by atoms with van der Waals surface area (Å²) in [7, 11) is 0. The molecular weight excluding hydrogens is 371 g/mol. The van der Waals surface area contributed by atoms with Crippen LogP contribution in [0.2, 0.25) is 0 Å². The van der Waals surface area contributed by atoms with E-state index in [1.807, 2.05) is 4.90 Å². The molecule has 2 aromatic rings. The van der Waals surface area contributed by atoms with Crippen LogP contribution in [0.4, 0.5) is 18.9 Å². The van der Waals surface area contributed by atoms with Crippen LogP contribution in [0.25, 0.3) is 0 Å². The molecule has 1 aromatic heterocycles. The van der Waals surface area contributed by atoms with Gasteiger partial charge in [-0.1, -0.05) is 12.1 Å². The first-order chi connectivity index (χ1) is 13.4. The number of likely N-dealkylation sites (tertiary alicyclic amines) is 1. The number of amides is 1. The third-order valence-corrected chi connectivity index (χ3v) is 6.08. The molecular formula is C19H20F3N5O. The van der Waals surface area contributed by atoms with Crippen molar-refractivity contribution in [1.29, 1.82) is 0 Å². The number of para-hydroxylation sites is 1. The van der Waals surface area contributed by atoms with E-state index in [2.05, 4.69) is 15.5 Å². The number of fused-ring (bicyclic) bond motifs is 2. The molecule has 9 heteroatoms. The quantitative estimate of drug-likeness (QED) is 0.824.